The van der Waals surface area contributed by atoms with Gasteiger partial charge in [0, 0.05) is 12.1 Å². The van der Waals surface area contributed by atoms with E-state index in [9.17, 15) is 4.79 Å². The molecule has 1 unspecified atom stereocenters. The third kappa shape index (κ3) is 3.29. The van der Waals surface area contributed by atoms with E-state index in [4.69, 9.17) is 0 Å². The fraction of sp³-hybridized carbons (Fsp3) is 0.533. The van der Waals surface area contributed by atoms with Crippen LogP contribution in [0.15, 0.2) is 24.4 Å². The Labute approximate surface area is 147 Å². The predicted molar refractivity (Wildman–Crippen MR) is 92.0 cm³/mol. The number of carbonyl (C=O) groups excluding carboxylic acids is 1. The summed E-state index contributed by atoms with van der Waals surface area (Å²) in [5, 5.41) is 14.6. The molecule has 8 heteroatoms. The minimum atomic E-state index is 0. The van der Waals surface area contributed by atoms with Crippen molar-refractivity contribution in [1.29, 1.82) is 0 Å². The van der Waals surface area contributed by atoms with E-state index in [0.717, 1.165) is 43.8 Å². The van der Waals surface area contributed by atoms with E-state index in [1.807, 2.05) is 28.8 Å². The van der Waals surface area contributed by atoms with Crippen molar-refractivity contribution in [3.8, 4) is 0 Å². The Balaban J connectivity index is 0.000000960. The number of piperidine rings is 1. The molecule has 0 aromatic carbocycles. The Morgan fingerprint density at radius 3 is 2.87 bits per heavy atom. The van der Waals surface area contributed by atoms with Gasteiger partial charge >= 0.3 is 0 Å². The molecule has 4 rings (SSSR count). The van der Waals surface area contributed by atoms with Crippen LogP contribution in [0.25, 0.3) is 5.65 Å². The van der Waals surface area contributed by atoms with Crippen LogP contribution in [-0.4, -0.2) is 33.6 Å². The lowest BCUT2D eigenvalue weighted by atomic mass is 9.92. The van der Waals surface area contributed by atoms with Crippen LogP contribution >= 0.6 is 24.8 Å². The van der Waals surface area contributed by atoms with Crippen molar-refractivity contribution in [3.63, 3.8) is 0 Å². The average molecular weight is 358 g/mol. The molecule has 2 aromatic heterocycles. The van der Waals surface area contributed by atoms with Gasteiger partial charge in [0.1, 0.15) is 0 Å². The maximum Gasteiger partial charge on any atom is 0.224 e. The molecule has 1 aliphatic carbocycles. The third-order valence-corrected chi connectivity index (χ3v) is 4.91. The highest BCUT2D eigenvalue weighted by Gasteiger charge is 2.57. The van der Waals surface area contributed by atoms with Crippen molar-refractivity contribution in [2.45, 2.75) is 25.8 Å². The maximum absolute atomic E-state index is 12.3. The Morgan fingerprint density at radius 1 is 1.30 bits per heavy atom. The SMILES string of the molecule is Cl.Cl.O=C(NCc1nnc2ccccn12)C1CC12CCNCC2. The number of nitrogens with zero attached hydrogens (tertiary/aromatic N) is 3. The highest BCUT2D eigenvalue weighted by Crippen LogP contribution is 2.58. The number of hydrogen-bond acceptors (Lipinski definition) is 4. The summed E-state index contributed by atoms with van der Waals surface area (Å²) in [6.07, 6.45) is 5.21. The second-order valence-corrected chi connectivity index (χ2v) is 6.13. The summed E-state index contributed by atoms with van der Waals surface area (Å²) in [6.45, 7) is 2.52. The molecule has 1 atom stereocenters. The number of nitrogens with one attached hydrogen (secondary N) is 2. The number of rotatable bonds is 3. The summed E-state index contributed by atoms with van der Waals surface area (Å²) in [7, 11) is 0. The van der Waals surface area contributed by atoms with Gasteiger partial charge in [-0.15, -0.1) is 35.0 Å². The summed E-state index contributed by atoms with van der Waals surface area (Å²) in [6, 6.07) is 5.77. The number of fused-ring (bicyclic) bond motifs is 1. The molecule has 3 heterocycles. The second kappa shape index (κ2) is 7.03. The molecule has 1 saturated heterocycles. The molecular weight excluding hydrogens is 337 g/mol. The molecule has 1 amide bonds. The molecule has 2 fully saturated rings. The van der Waals surface area contributed by atoms with Crippen molar-refractivity contribution in [2.75, 3.05) is 13.1 Å². The molecule has 2 N–H and O–H groups in total. The number of pyridine rings is 1. The normalized spacial score (nSPS) is 21.3. The van der Waals surface area contributed by atoms with Gasteiger partial charge in [0.25, 0.3) is 0 Å². The van der Waals surface area contributed by atoms with Crippen molar-refractivity contribution in [2.24, 2.45) is 11.3 Å². The third-order valence-electron chi connectivity index (χ3n) is 4.91. The first-order valence-corrected chi connectivity index (χ1v) is 7.56. The van der Waals surface area contributed by atoms with Gasteiger partial charge in [0.15, 0.2) is 11.5 Å². The largest absolute Gasteiger partial charge is 0.349 e. The highest BCUT2D eigenvalue weighted by molar-refractivity contribution is 5.85. The highest BCUT2D eigenvalue weighted by atomic mass is 35.5. The lowest BCUT2D eigenvalue weighted by Gasteiger charge is -2.23. The van der Waals surface area contributed by atoms with E-state index in [-0.39, 0.29) is 42.1 Å². The van der Waals surface area contributed by atoms with E-state index in [0.29, 0.717) is 6.54 Å². The topological polar surface area (TPSA) is 71.3 Å². The Hall–Kier alpha value is -1.37. The lowest BCUT2D eigenvalue weighted by Crippen LogP contribution is -2.33. The Kier molecular flexibility index (Phi) is 5.49. The van der Waals surface area contributed by atoms with Crippen LogP contribution in [-0.2, 0) is 11.3 Å². The van der Waals surface area contributed by atoms with Crippen LogP contribution in [0.4, 0.5) is 0 Å². The van der Waals surface area contributed by atoms with Crippen LogP contribution in [0.1, 0.15) is 25.1 Å². The Bertz CT molecular complexity index is 683. The monoisotopic (exact) mass is 357 g/mol. The van der Waals surface area contributed by atoms with Crippen LogP contribution in [0, 0.1) is 11.3 Å². The standard InChI is InChI=1S/C15H19N5O.2ClH/c21-14(11-9-15(11)4-6-16-7-5-15)17-10-13-19-18-12-3-1-2-8-20(12)13;;/h1-3,8,11,16H,4-7,9-10H2,(H,17,21);2*1H. The summed E-state index contributed by atoms with van der Waals surface area (Å²) in [5.74, 6) is 1.14. The van der Waals surface area contributed by atoms with Crippen LogP contribution in [0.2, 0.25) is 0 Å². The quantitative estimate of drug-likeness (QED) is 0.874. The second-order valence-electron chi connectivity index (χ2n) is 6.13. The molecule has 23 heavy (non-hydrogen) atoms. The van der Waals surface area contributed by atoms with Crippen molar-refractivity contribution in [3.05, 3.63) is 30.2 Å². The molecule has 2 aromatic rings. The zero-order chi connectivity index (χ0) is 14.3. The molecule has 6 nitrogen and oxygen atoms in total. The molecule has 2 aliphatic rings. The lowest BCUT2D eigenvalue weighted by molar-refractivity contribution is -0.123. The van der Waals surface area contributed by atoms with Gasteiger partial charge in [0.2, 0.25) is 5.91 Å². The van der Waals surface area contributed by atoms with E-state index in [1.54, 1.807) is 0 Å². The molecule has 1 saturated carbocycles. The molecule has 0 bridgehead atoms. The zero-order valence-corrected chi connectivity index (χ0v) is 14.3. The minimum Gasteiger partial charge on any atom is -0.349 e. The number of carbonyl (C=O) groups is 1. The minimum absolute atomic E-state index is 0. The van der Waals surface area contributed by atoms with Gasteiger partial charge in [-0.05, 0) is 49.9 Å². The summed E-state index contributed by atoms with van der Waals surface area (Å²) in [4.78, 5) is 12.3. The first-order valence-electron chi connectivity index (χ1n) is 7.56. The fourth-order valence-corrected chi connectivity index (χ4v) is 3.50. The van der Waals surface area contributed by atoms with Gasteiger partial charge < -0.3 is 10.6 Å². The smallest absolute Gasteiger partial charge is 0.224 e. The molecule has 126 valence electrons. The summed E-state index contributed by atoms with van der Waals surface area (Å²) < 4.78 is 1.91. The molecule has 0 radical (unpaired) electrons. The number of hydrogen-bond donors (Lipinski definition) is 2. The van der Waals surface area contributed by atoms with Gasteiger partial charge in [-0.2, -0.15) is 0 Å². The van der Waals surface area contributed by atoms with Crippen LogP contribution in [0.5, 0.6) is 0 Å². The number of amides is 1. The molecule has 1 spiro atoms. The van der Waals surface area contributed by atoms with Crippen LogP contribution in [0.3, 0.4) is 0 Å². The van der Waals surface area contributed by atoms with Gasteiger partial charge in [0.05, 0.1) is 6.54 Å². The average Bonchev–Trinajstić information content (AvgIpc) is 3.05. The first-order chi connectivity index (χ1) is 10.3. The number of aromatic nitrogens is 3. The van der Waals surface area contributed by atoms with E-state index < -0.39 is 0 Å². The first kappa shape index (κ1) is 18.0. The van der Waals surface area contributed by atoms with Crippen LogP contribution < -0.4 is 10.6 Å². The molecule has 1 aliphatic heterocycles. The van der Waals surface area contributed by atoms with E-state index in [1.165, 1.54) is 0 Å². The van der Waals surface area contributed by atoms with Gasteiger partial charge in [-0.3, -0.25) is 9.20 Å². The summed E-state index contributed by atoms with van der Waals surface area (Å²) in [5.41, 5.74) is 1.09. The number of halogens is 2. The van der Waals surface area contributed by atoms with Gasteiger partial charge in [-0.1, -0.05) is 6.07 Å². The maximum atomic E-state index is 12.3. The van der Waals surface area contributed by atoms with Crippen molar-refractivity contribution in [1.82, 2.24) is 25.2 Å². The summed E-state index contributed by atoms with van der Waals surface area (Å²) >= 11 is 0. The molecular formula is C15H21Cl2N5O. The fourth-order valence-electron chi connectivity index (χ4n) is 3.50. The van der Waals surface area contributed by atoms with Gasteiger partial charge in [-0.25, -0.2) is 0 Å². The van der Waals surface area contributed by atoms with Crippen molar-refractivity contribution >= 4 is 36.4 Å². The van der Waals surface area contributed by atoms with Crippen molar-refractivity contribution < 1.29 is 4.79 Å². The predicted octanol–water partition coefficient (Wildman–Crippen LogP) is 1.58. The van der Waals surface area contributed by atoms with E-state index in [2.05, 4.69) is 20.8 Å². The Morgan fingerprint density at radius 2 is 2.09 bits per heavy atom. The zero-order valence-electron chi connectivity index (χ0n) is 12.7. The van der Waals surface area contributed by atoms with E-state index >= 15 is 0 Å².